The molecule has 1 aliphatic rings. The van der Waals surface area contributed by atoms with E-state index >= 15 is 0 Å². The summed E-state index contributed by atoms with van der Waals surface area (Å²) in [6.07, 6.45) is 1.11. The summed E-state index contributed by atoms with van der Waals surface area (Å²) in [6, 6.07) is 8.06. The maximum Gasteiger partial charge on any atom is 0.289 e. The zero-order valence-electron chi connectivity index (χ0n) is 10.3. The van der Waals surface area contributed by atoms with Gasteiger partial charge in [0.25, 0.3) is 6.02 Å². The third kappa shape index (κ3) is 3.37. The Morgan fingerprint density at radius 2 is 2.00 bits per heavy atom. The van der Waals surface area contributed by atoms with Gasteiger partial charge in [-0.25, -0.2) is 4.99 Å². The van der Waals surface area contributed by atoms with Crippen LogP contribution in [0.15, 0.2) is 29.3 Å². The van der Waals surface area contributed by atoms with Gasteiger partial charge in [0.2, 0.25) is 0 Å². The molecule has 0 saturated carbocycles. The number of amidine groups is 1. The molecular weight excluding hydrogens is 236 g/mol. The van der Waals surface area contributed by atoms with Crippen LogP contribution in [-0.2, 0) is 4.74 Å². The van der Waals surface area contributed by atoms with E-state index in [2.05, 4.69) is 31.1 Å². The number of nitrogens with one attached hydrogen (secondary N) is 1. The predicted molar refractivity (Wildman–Crippen MR) is 71.8 cm³/mol. The first-order valence-corrected chi connectivity index (χ1v) is 6.11. The van der Waals surface area contributed by atoms with Crippen LogP contribution in [0.25, 0.3) is 0 Å². The number of anilines is 1. The van der Waals surface area contributed by atoms with E-state index in [0.29, 0.717) is 6.02 Å². The molecule has 3 nitrogen and oxygen atoms in total. The van der Waals surface area contributed by atoms with Gasteiger partial charge in [0.1, 0.15) is 6.10 Å². The quantitative estimate of drug-likeness (QED) is 0.827. The van der Waals surface area contributed by atoms with Crippen molar-refractivity contribution in [1.82, 2.24) is 0 Å². The van der Waals surface area contributed by atoms with E-state index in [1.54, 1.807) is 0 Å². The van der Waals surface area contributed by atoms with Crippen molar-refractivity contribution in [3.63, 3.8) is 0 Å². The van der Waals surface area contributed by atoms with Crippen molar-refractivity contribution in [2.45, 2.75) is 38.8 Å². The van der Waals surface area contributed by atoms with Gasteiger partial charge in [-0.2, -0.15) is 0 Å². The molecule has 92 valence electrons. The maximum absolute atomic E-state index is 5.83. The summed E-state index contributed by atoms with van der Waals surface area (Å²) in [5, 5.41) is 3.88. The average Bonchev–Trinajstić information content (AvgIpc) is 2.18. The van der Waals surface area contributed by atoms with Crippen LogP contribution in [-0.4, -0.2) is 17.7 Å². The van der Waals surface area contributed by atoms with Crippen LogP contribution in [0, 0.1) is 0 Å². The van der Waals surface area contributed by atoms with Crippen molar-refractivity contribution < 1.29 is 4.74 Å². The van der Waals surface area contributed by atoms with E-state index in [1.807, 2.05) is 24.3 Å². The van der Waals surface area contributed by atoms with Gasteiger partial charge in [-0.05, 0) is 45.0 Å². The van der Waals surface area contributed by atoms with E-state index < -0.39 is 0 Å². The number of hydrogen-bond acceptors (Lipinski definition) is 3. The fraction of sp³-hybridized carbons (Fsp3) is 0.462. The van der Waals surface area contributed by atoms with Crippen LogP contribution in [0.5, 0.6) is 0 Å². The Morgan fingerprint density at radius 1 is 1.35 bits per heavy atom. The third-order valence-corrected chi connectivity index (χ3v) is 2.85. The summed E-state index contributed by atoms with van der Waals surface area (Å²) in [6.45, 7) is 6.27. The second-order valence-corrected chi connectivity index (χ2v) is 5.43. The Balaban J connectivity index is 2.13. The minimum atomic E-state index is -0.0770. The molecule has 0 spiro atoms. The highest BCUT2D eigenvalue weighted by atomic mass is 35.5. The number of halogens is 1. The lowest BCUT2D eigenvalue weighted by molar-refractivity contribution is 0.144. The summed E-state index contributed by atoms with van der Waals surface area (Å²) in [4.78, 5) is 4.53. The largest absolute Gasteiger partial charge is 0.462 e. The third-order valence-electron chi connectivity index (χ3n) is 2.60. The van der Waals surface area contributed by atoms with E-state index in [1.165, 1.54) is 0 Å². The van der Waals surface area contributed by atoms with Crippen molar-refractivity contribution in [2.75, 3.05) is 5.32 Å². The maximum atomic E-state index is 5.83. The monoisotopic (exact) mass is 252 g/mol. The highest BCUT2D eigenvalue weighted by molar-refractivity contribution is 6.30. The van der Waals surface area contributed by atoms with Crippen molar-refractivity contribution >= 4 is 23.3 Å². The highest BCUT2D eigenvalue weighted by Gasteiger charge is 2.28. The summed E-state index contributed by atoms with van der Waals surface area (Å²) in [5.74, 6) is 0. The van der Waals surface area contributed by atoms with Gasteiger partial charge in [0.15, 0.2) is 0 Å². The molecule has 1 N–H and O–H groups in total. The first-order chi connectivity index (χ1) is 7.94. The molecule has 1 atom stereocenters. The van der Waals surface area contributed by atoms with Gasteiger partial charge in [0, 0.05) is 17.1 Å². The first kappa shape index (κ1) is 12.2. The molecule has 1 aromatic rings. The fourth-order valence-corrected chi connectivity index (χ4v) is 2.12. The zero-order valence-corrected chi connectivity index (χ0v) is 11.1. The Morgan fingerprint density at radius 3 is 2.59 bits per heavy atom. The van der Waals surface area contributed by atoms with Crippen molar-refractivity contribution in [2.24, 2.45) is 4.99 Å². The highest BCUT2D eigenvalue weighted by Crippen LogP contribution is 2.24. The smallest absolute Gasteiger partial charge is 0.289 e. The molecule has 0 aromatic heterocycles. The zero-order chi connectivity index (χ0) is 12.5. The molecular formula is C13H17ClN2O. The molecule has 0 fully saturated rings. The van der Waals surface area contributed by atoms with Gasteiger partial charge in [0.05, 0.1) is 5.54 Å². The topological polar surface area (TPSA) is 33.6 Å². The van der Waals surface area contributed by atoms with Crippen LogP contribution in [0.4, 0.5) is 5.69 Å². The summed E-state index contributed by atoms with van der Waals surface area (Å²) < 4.78 is 5.66. The van der Waals surface area contributed by atoms with E-state index in [0.717, 1.165) is 17.1 Å². The number of nitrogens with zero attached hydrogens (tertiary/aromatic N) is 1. The predicted octanol–water partition coefficient (Wildman–Crippen LogP) is 3.70. The van der Waals surface area contributed by atoms with Crippen LogP contribution in [0.2, 0.25) is 5.02 Å². The van der Waals surface area contributed by atoms with E-state index in [9.17, 15) is 0 Å². The first-order valence-electron chi connectivity index (χ1n) is 5.74. The van der Waals surface area contributed by atoms with E-state index in [-0.39, 0.29) is 11.6 Å². The van der Waals surface area contributed by atoms with Crippen LogP contribution in [0.3, 0.4) is 0 Å². The SMILES string of the molecule is CC1CC(C)(C)N=C(Nc2ccc(Cl)cc2)O1. The Kier molecular flexibility index (Phi) is 3.29. The minimum absolute atomic E-state index is 0.0770. The molecule has 0 amide bonds. The van der Waals surface area contributed by atoms with Gasteiger partial charge in [-0.15, -0.1) is 0 Å². The normalized spacial score (nSPS) is 22.6. The standard InChI is InChI=1S/C13H17ClN2O/c1-9-8-13(2,3)16-12(17-9)15-11-6-4-10(14)5-7-11/h4-7,9H,8H2,1-3H3,(H,15,16). The van der Waals surface area contributed by atoms with Crippen LogP contribution >= 0.6 is 11.6 Å². The Labute approximate surface area is 107 Å². The fourth-order valence-electron chi connectivity index (χ4n) is 2.00. The molecule has 4 heteroatoms. The van der Waals surface area contributed by atoms with Crippen molar-refractivity contribution in [3.8, 4) is 0 Å². The molecule has 0 aliphatic carbocycles. The summed E-state index contributed by atoms with van der Waals surface area (Å²) in [5.41, 5.74) is 0.852. The molecule has 1 heterocycles. The van der Waals surface area contributed by atoms with Crippen molar-refractivity contribution in [3.05, 3.63) is 29.3 Å². The van der Waals surface area contributed by atoms with Crippen LogP contribution < -0.4 is 5.32 Å². The lowest BCUT2D eigenvalue weighted by Gasteiger charge is -2.31. The minimum Gasteiger partial charge on any atom is -0.462 e. The molecule has 1 aliphatic heterocycles. The summed E-state index contributed by atoms with van der Waals surface area (Å²) >= 11 is 5.83. The molecule has 1 unspecified atom stereocenters. The van der Waals surface area contributed by atoms with Crippen molar-refractivity contribution in [1.29, 1.82) is 0 Å². The lowest BCUT2D eigenvalue weighted by Crippen LogP contribution is -2.36. The number of rotatable bonds is 1. The second kappa shape index (κ2) is 4.57. The molecule has 2 rings (SSSR count). The number of benzene rings is 1. The number of ether oxygens (including phenoxy) is 1. The van der Waals surface area contributed by atoms with Gasteiger partial charge < -0.3 is 10.1 Å². The molecule has 0 saturated heterocycles. The number of aliphatic imine (C=N–C) groups is 1. The molecule has 1 aromatic carbocycles. The van der Waals surface area contributed by atoms with Crippen LogP contribution in [0.1, 0.15) is 27.2 Å². The summed E-state index contributed by atoms with van der Waals surface area (Å²) in [7, 11) is 0. The second-order valence-electron chi connectivity index (χ2n) is 4.99. The lowest BCUT2D eigenvalue weighted by atomic mass is 9.97. The van der Waals surface area contributed by atoms with Gasteiger partial charge in [-0.1, -0.05) is 11.6 Å². The molecule has 17 heavy (non-hydrogen) atoms. The molecule has 0 radical (unpaired) electrons. The van der Waals surface area contributed by atoms with E-state index in [4.69, 9.17) is 16.3 Å². The van der Waals surface area contributed by atoms with Gasteiger partial charge in [-0.3, -0.25) is 0 Å². The average molecular weight is 253 g/mol. The Bertz CT molecular complexity index is 426. The number of hydrogen-bond donors (Lipinski definition) is 1. The Hall–Kier alpha value is -1.22. The van der Waals surface area contributed by atoms with Gasteiger partial charge >= 0.3 is 0 Å². The molecule has 0 bridgehead atoms.